The number of dihydropyridines is 1. The minimum absolute atomic E-state index is 0.348. The zero-order valence-corrected chi connectivity index (χ0v) is 25.2. The number of carbonyl (C=O) groups is 2. The van der Waals surface area contributed by atoms with Crippen LogP contribution < -0.4 is 14.8 Å². The van der Waals surface area contributed by atoms with Crippen LogP contribution >= 0.6 is 0 Å². The summed E-state index contributed by atoms with van der Waals surface area (Å²) in [4.78, 5) is 31.2. The number of nitrogens with zero attached hydrogens (tertiary/aromatic N) is 2. The molecule has 0 amide bonds. The second-order valence-corrected chi connectivity index (χ2v) is 10.4. The fraction of sp³-hybridized carbons (Fsp3) is 0.394. The molecular weight excluding hydrogens is 534 g/mol. The fourth-order valence-electron chi connectivity index (χ4n) is 5.60. The molecule has 0 aliphatic carbocycles. The molecule has 2 heterocycles. The van der Waals surface area contributed by atoms with Crippen LogP contribution in [0.2, 0.25) is 0 Å². The predicted octanol–water partition coefficient (Wildman–Crippen LogP) is 3.80. The summed E-state index contributed by atoms with van der Waals surface area (Å²) < 4.78 is 21.9. The molecule has 0 aromatic heterocycles. The van der Waals surface area contributed by atoms with Crippen LogP contribution in [0.25, 0.3) is 0 Å². The van der Waals surface area contributed by atoms with E-state index in [2.05, 4.69) is 21.0 Å². The van der Waals surface area contributed by atoms with Crippen LogP contribution in [0.15, 0.2) is 65.0 Å². The highest BCUT2D eigenvalue weighted by molar-refractivity contribution is 5.99. The van der Waals surface area contributed by atoms with E-state index in [0.29, 0.717) is 39.6 Å². The van der Waals surface area contributed by atoms with Gasteiger partial charge in [0, 0.05) is 49.7 Å². The Labute approximate surface area is 248 Å². The van der Waals surface area contributed by atoms with E-state index < -0.39 is 24.1 Å². The highest BCUT2D eigenvalue weighted by Gasteiger charge is 2.39. The van der Waals surface area contributed by atoms with Crippen LogP contribution in [-0.2, 0) is 25.6 Å². The van der Waals surface area contributed by atoms with E-state index in [4.69, 9.17) is 25.4 Å². The van der Waals surface area contributed by atoms with Crippen LogP contribution in [0.1, 0.15) is 43.4 Å². The van der Waals surface area contributed by atoms with Crippen molar-refractivity contribution in [3.8, 4) is 23.8 Å². The highest BCUT2D eigenvalue weighted by Crippen LogP contribution is 2.39. The van der Waals surface area contributed by atoms with Gasteiger partial charge in [-0.1, -0.05) is 24.1 Å². The number of hydrogen-bond donors (Lipinski definition) is 1. The molecule has 42 heavy (non-hydrogen) atoms. The molecule has 2 aliphatic rings. The second-order valence-electron chi connectivity index (χ2n) is 10.4. The molecule has 2 atom stereocenters. The zero-order chi connectivity index (χ0) is 30.4. The smallest absolute Gasteiger partial charge is 0.338 e. The van der Waals surface area contributed by atoms with E-state index in [1.807, 2.05) is 50.2 Å². The third-order valence-corrected chi connectivity index (χ3v) is 7.83. The number of nitrogens with one attached hydrogen (secondary N) is 1. The van der Waals surface area contributed by atoms with Gasteiger partial charge >= 0.3 is 11.9 Å². The second kappa shape index (κ2) is 13.6. The molecule has 2 aromatic carbocycles. The van der Waals surface area contributed by atoms with E-state index >= 15 is 0 Å². The predicted molar refractivity (Wildman–Crippen MR) is 160 cm³/mol. The molecule has 1 saturated heterocycles. The number of ether oxygens (including phenoxy) is 4. The number of terminal acetylenes is 1. The monoisotopic (exact) mass is 573 g/mol. The minimum Gasteiger partial charge on any atom is -0.493 e. The number of methoxy groups -OCH3 is 3. The fourth-order valence-corrected chi connectivity index (χ4v) is 5.60. The Balaban J connectivity index is 1.47. The van der Waals surface area contributed by atoms with Crippen molar-refractivity contribution in [1.29, 1.82) is 0 Å². The van der Waals surface area contributed by atoms with Crippen molar-refractivity contribution < 1.29 is 28.5 Å². The summed E-state index contributed by atoms with van der Waals surface area (Å²) in [5.41, 5.74) is 4.44. The first-order valence-corrected chi connectivity index (χ1v) is 13.9. The Kier molecular flexibility index (Phi) is 9.94. The molecule has 2 aliphatic heterocycles. The third kappa shape index (κ3) is 6.62. The maximum atomic E-state index is 13.8. The van der Waals surface area contributed by atoms with Gasteiger partial charge in [-0.15, -0.1) is 6.42 Å². The standard InChI is InChI=1S/C33H39N3O6/c1-8-24-10-9-11-26(18-24)31-29(32(37)41-7)21(2)34-22(3)30(31)33(38)42-23(4)36-16-14-35(15-17-36)20-25-12-13-27(39-5)28(19-25)40-6/h1,9-13,18-19,23,31,34H,14-17,20H2,2-7H3. The van der Waals surface area contributed by atoms with Crippen LogP contribution in [0.3, 0.4) is 0 Å². The van der Waals surface area contributed by atoms with Crippen LogP contribution in [0.5, 0.6) is 11.5 Å². The van der Waals surface area contributed by atoms with Crippen LogP contribution in [0, 0.1) is 12.3 Å². The molecule has 0 spiro atoms. The number of piperazine rings is 1. The molecule has 9 heteroatoms. The van der Waals surface area contributed by atoms with Gasteiger partial charge in [0.2, 0.25) is 0 Å². The van der Waals surface area contributed by atoms with E-state index in [0.717, 1.165) is 43.9 Å². The number of allylic oxidation sites excluding steroid dienone is 2. The van der Waals surface area contributed by atoms with Gasteiger partial charge in [-0.05, 0) is 56.2 Å². The number of benzene rings is 2. The van der Waals surface area contributed by atoms with Crippen molar-refractivity contribution in [2.45, 2.75) is 39.5 Å². The molecule has 0 saturated carbocycles. The quantitative estimate of drug-likeness (QED) is 0.355. The summed E-state index contributed by atoms with van der Waals surface area (Å²) in [7, 11) is 4.59. The summed E-state index contributed by atoms with van der Waals surface area (Å²) in [5.74, 6) is 2.34. The summed E-state index contributed by atoms with van der Waals surface area (Å²) in [5, 5.41) is 3.18. The zero-order valence-electron chi connectivity index (χ0n) is 25.2. The Morgan fingerprint density at radius 2 is 1.62 bits per heavy atom. The van der Waals surface area contributed by atoms with E-state index in [9.17, 15) is 9.59 Å². The molecule has 4 rings (SSSR count). The van der Waals surface area contributed by atoms with Crippen LogP contribution in [-0.4, -0.2) is 75.5 Å². The molecule has 9 nitrogen and oxygen atoms in total. The van der Waals surface area contributed by atoms with Crippen molar-refractivity contribution in [3.05, 3.63) is 81.7 Å². The van der Waals surface area contributed by atoms with Gasteiger partial charge in [0.05, 0.1) is 38.4 Å². The molecule has 2 aromatic rings. The maximum Gasteiger partial charge on any atom is 0.338 e. The van der Waals surface area contributed by atoms with Crippen molar-refractivity contribution in [3.63, 3.8) is 0 Å². The van der Waals surface area contributed by atoms with Gasteiger partial charge in [-0.25, -0.2) is 9.59 Å². The molecule has 222 valence electrons. The maximum absolute atomic E-state index is 13.8. The lowest BCUT2D eigenvalue weighted by atomic mass is 9.80. The third-order valence-electron chi connectivity index (χ3n) is 7.83. The molecule has 2 unspecified atom stereocenters. The summed E-state index contributed by atoms with van der Waals surface area (Å²) in [6.45, 7) is 9.36. The SMILES string of the molecule is C#Cc1cccc(C2C(C(=O)OC)=C(C)NC(C)=C2C(=O)OC(C)N2CCN(Cc3ccc(OC)c(OC)c3)CC2)c1. The first-order valence-electron chi connectivity index (χ1n) is 13.9. The topological polar surface area (TPSA) is 89.6 Å². The average molecular weight is 574 g/mol. The first-order chi connectivity index (χ1) is 20.2. The van der Waals surface area contributed by atoms with Gasteiger partial charge in [-0.3, -0.25) is 9.80 Å². The average Bonchev–Trinajstić information content (AvgIpc) is 3.00. The van der Waals surface area contributed by atoms with Gasteiger partial charge in [-0.2, -0.15) is 0 Å². The number of rotatable bonds is 9. The van der Waals surface area contributed by atoms with Gasteiger partial charge in [0.1, 0.15) is 0 Å². The van der Waals surface area contributed by atoms with E-state index in [1.54, 1.807) is 27.2 Å². The molecule has 0 bridgehead atoms. The van der Waals surface area contributed by atoms with Crippen molar-refractivity contribution in [1.82, 2.24) is 15.1 Å². The van der Waals surface area contributed by atoms with Gasteiger partial charge in [0.15, 0.2) is 17.7 Å². The van der Waals surface area contributed by atoms with Crippen molar-refractivity contribution in [2.75, 3.05) is 47.5 Å². The van der Waals surface area contributed by atoms with Crippen molar-refractivity contribution in [2.24, 2.45) is 0 Å². The summed E-state index contributed by atoms with van der Waals surface area (Å²) in [6.07, 6.45) is 5.19. The minimum atomic E-state index is -0.690. The normalized spacial score (nSPS) is 18.5. The Morgan fingerprint density at radius 1 is 0.952 bits per heavy atom. The number of hydrogen-bond acceptors (Lipinski definition) is 9. The summed E-state index contributed by atoms with van der Waals surface area (Å²) in [6, 6.07) is 13.3. The largest absolute Gasteiger partial charge is 0.493 e. The number of carbonyl (C=O) groups excluding carboxylic acids is 2. The first kappa shape index (κ1) is 30.7. The highest BCUT2D eigenvalue weighted by atomic mass is 16.6. The van der Waals surface area contributed by atoms with E-state index in [-0.39, 0.29) is 0 Å². The molecule has 1 fully saturated rings. The van der Waals surface area contributed by atoms with Crippen molar-refractivity contribution >= 4 is 11.9 Å². The Bertz CT molecular complexity index is 1430. The Morgan fingerprint density at radius 3 is 2.24 bits per heavy atom. The molecule has 0 radical (unpaired) electrons. The van der Waals surface area contributed by atoms with Crippen LogP contribution in [0.4, 0.5) is 0 Å². The van der Waals surface area contributed by atoms with E-state index in [1.165, 1.54) is 7.11 Å². The lowest BCUT2D eigenvalue weighted by molar-refractivity contribution is -0.154. The van der Waals surface area contributed by atoms with Gasteiger partial charge < -0.3 is 24.3 Å². The lowest BCUT2D eigenvalue weighted by Gasteiger charge is -2.38. The Hall–Kier alpha value is -4.26. The summed E-state index contributed by atoms with van der Waals surface area (Å²) >= 11 is 0. The van der Waals surface area contributed by atoms with Gasteiger partial charge in [0.25, 0.3) is 0 Å². The molecular formula is C33H39N3O6. The molecule has 1 N–H and O–H groups in total. The lowest BCUT2D eigenvalue weighted by Crippen LogP contribution is -2.50. The number of esters is 2.